The van der Waals surface area contributed by atoms with Gasteiger partial charge >= 0.3 is 0 Å². The molecule has 2 saturated heterocycles. The van der Waals surface area contributed by atoms with E-state index in [1.54, 1.807) is 24.1 Å². The number of carbonyl (C=O) groups excluding carboxylic acids is 1. The Balaban J connectivity index is 1.36. The van der Waals surface area contributed by atoms with Crippen molar-refractivity contribution in [3.63, 3.8) is 0 Å². The highest BCUT2D eigenvalue weighted by Gasteiger charge is 2.43. The normalized spacial score (nSPS) is 21.4. The summed E-state index contributed by atoms with van der Waals surface area (Å²) in [7, 11) is 1.71. The second-order valence-corrected chi connectivity index (χ2v) is 9.64. The molecule has 0 spiro atoms. The molecule has 2 bridgehead atoms. The second kappa shape index (κ2) is 8.92. The van der Waals surface area contributed by atoms with Crippen LogP contribution in [-0.4, -0.2) is 57.9 Å². The number of ether oxygens (including phenoxy) is 1. The average molecular weight is 498 g/mol. The van der Waals surface area contributed by atoms with Gasteiger partial charge in [-0.25, -0.2) is 13.2 Å². The van der Waals surface area contributed by atoms with E-state index >= 15 is 0 Å². The van der Waals surface area contributed by atoms with Crippen LogP contribution < -0.4 is 4.90 Å². The number of rotatable bonds is 3. The highest BCUT2D eigenvalue weighted by atomic mass is 19.2. The van der Waals surface area contributed by atoms with Gasteiger partial charge in [-0.2, -0.15) is 5.10 Å². The molecule has 0 radical (unpaired) electrons. The number of benzene rings is 1. The van der Waals surface area contributed by atoms with Crippen molar-refractivity contribution in [3.8, 4) is 11.3 Å². The lowest BCUT2D eigenvalue weighted by Crippen LogP contribution is -2.50. The molecule has 188 valence electrons. The molecular formula is C26H26F3N5O2. The Hall–Kier alpha value is -3.40. The maximum atomic E-state index is 14.0. The van der Waals surface area contributed by atoms with Crippen LogP contribution in [0, 0.1) is 17.5 Å². The lowest BCUT2D eigenvalue weighted by atomic mass is 9.81. The Labute approximate surface area is 206 Å². The number of hydrogen-bond acceptors (Lipinski definition) is 5. The van der Waals surface area contributed by atoms with Gasteiger partial charge in [-0.15, -0.1) is 0 Å². The SMILES string of the molecule is Cn1nc2c(c1-c1cc(F)c(F)c(F)c1)C[C@@H]1CCC[C@H]2N1C(=O)c1cncc(N2CCOCC2)c1. The van der Waals surface area contributed by atoms with E-state index in [-0.39, 0.29) is 23.6 Å². The minimum Gasteiger partial charge on any atom is -0.378 e. The molecule has 2 atom stereocenters. The molecule has 36 heavy (non-hydrogen) atoms. The Morgan fingerprint density at radius 2 is 1.81 bits per heavy atom. The van der Waals surface area contributed by atoms with Gasteiger partial charge in [0.25, 0.3) is 5.91 Å². The smallest absolute Gasteiger partial charge is 0.256 e. The number of aryl methyl sites for hydroxylation is 1. The summed E-state index contributed by atoms with van der Waals surface area (Å²) in [5.74, 6) is -4.05. The first kappa shape index (κ1) is 23.0. The Kier molecular flexibility index (Phi) is 5.70. The number of pyridine rings is 1. The lowest BCUT2D eigenvalue weighted by Gasteiger charge is -2.45. The van der Waals surface area contributed by atoms with Crippen LogP contribution in [0.3, 0.4) is 0 Å². The van der Waals surface area contributed by atoms with Crippen LogP contribution in [0.1, 0.15) is 46.9 Å². The van der Waals surface area contributed by atoms with Crippen LogP contribution in [0.15, 0.2) is 30.6 Å². The molecule has 3 aliphatic heterocycles. The van der Waals surface area contributed by atoms with Crippen LogP contribution in [0.2, 0.25) is 0 Å². The number of amides is 1. The van der Waals surface area contributed by atoms with Crippen molar-refractivity contribution < 1.29 is 22.7 Å². The molecule has 3 aliphatic rings. The van der Waals surface area contributed by atoms with Crippen LogP contribution >= 0.6 is 0 Å². The monoisotopic (exact) mass is 497 g/mol. The molecule has 0 unspecified atom stereocenters. The summed E-state index contributed by atoms with van der Waals surface area (Å²) in [4.78, 5) is 22.2. The van der Waals surface area contributed by atoms with Crippen molar-refractivity contribution >= 4 is 11.6 Å². The van der Waals surface area contributed by atoms with Gasteiger partial charge < -0.3 is 14.5 Å². The van der Waals surface area contributed by atoms with E-state index in [2.05, 4.69) is 9.88 Å². The fourth-order valence-corrected chi connectivity index (χ4v) is 5.89. The highest BCUT2D eigenvalue weighted by Crippen LogP contribution is 2.45. The number of aromatic nitrogens is 3. The van der Waals surface area contributed by atoms with Gasteiger partial charge in [-0.05, 0) is 43.9 Å². The Morgan fingerprint density at radius 1 is 1.06 bits per heavy atom. The molecule has 2 fully saturated rings. The quantitative estimate of drug-likeness (QED) is 0.512. The minimum atomic E-state index is -1.49. The first-order chi connectivity index (χ1) is 17.4. The van der Waals surface area contributed by atoms with Crippen molar-refractivity contribution in [3.05, 3.63) is 64.9 Å². The third-order valence-electron chi connectivity index (χ3n) is 7.51. The number of fused-ring (bicyclic) bond motifs is 4. The summed E-state index contributed by atoms with van der Waals surface area (Å²) in [6.45, 7) is 2.78. The summed E-state index contributed by atoms with van der Waals surface area (Å²) >= 11 is 0. The zero-order valence-corrected chi connectivity index (χ0v) is 19.9. The summed E-state index contributed by atoms with van der Waals surface area (Å²) in [5.41, 5.74) is 3.82. The highest BCUT2D eigenvalue weighted by molar-refractivity contribution is 5.95. The van der Waals surface area contributed by atoms with Gasteiger partial charge in [0.15, 0.2) is 17.5 Å². The molecule has 1 amide bonds. The predicted molar refractivity (Wildman–Crippen MR) is 126 cm³/mol. The zero-order valence-electron chi connectivity index (χ0n) is 19.9. The minimum absolute atomic E-state index is 0.0751. The van der Waals surface area contributed by atoms with E-state index in [0.717, 1.165) is 61.4 Å². The third-order valence-corrected chi connectivity index (χ3v) is 7.51. The van der Waals surface area contributed by atoms with E-state index in [0.29, 0.717) is 30.9 Å². The maximum absolute atomic E-state index is 14.0. The predicted octanol–water partition coefficient (Wildman–Crippen LogP) is 4.03. The van der Waals surface area contributed by atoms with Gasteiger partial charge in [0.05, 0.1) is 48.1 Å². The van der Waals surface area contributed by atoms with Crippen molar-refractivity contribution in [1.82, 2.24) is 19.7 Å². The zero-order chi connectivity index (χ0) is 25.0. The molecule has 7 nitrogen and oxygen atoms in total. The fraction of sp³-hybridized carbons (Fsp3) is 0.423. The van der Waals surface area contributed by atoms with Gasteiger partial charge in [0.2, 0.25) is 0 Å². The summed E-state index contributed by atoms with van der Waals surface area (Å²) in [6.07, 6.45) is 6.40. The lowest BCUT2D eigenvalue weighted by molar-refractivity contribution is 0.0391. The number of nitrogens with zero attached hydrogens (tertiary/aromatic N) is 5. The van der Waals surface area contributed by atoms with E-state index < -0.39 is 17.5 Å². The Morgan fingerprint density at radius 3 is 2.56 bits per heavy atom. The molecule has 0 saturated carbocycles. The van der Waals surface area contributed by atoms with Crippen molar-refractivity contribution in [2.45, 2.75) is 37.8 Å². The van der Waals surface area contributed by atoms with Gasteiger partial charge in [-0.1, -0.05) is 0 Å². The summed E-state index contributed by atoms with van der Waals surface area (Å²) in [5, 5.41) is 4.69. The van der Waals surface area contributed by atoms with Crippen LogP contribution in [0.4, 0.5) is 18.9 Å². The Bertz CT molecular complexity index is 1310. The first-order valence-electron chi connectivity index (χ1n) is 12.2. The van der Waals surface area contributed by atoms with Gasteiger partial charge in [0.1, 0.15) is 0 Å². The number of halogens is 3. The van der Waals surface area contributed by atoms with Crippen molar-refractivity contribution in [2.24, 2.45) is 7.05 Å². The number of piperidine rings is 1. The van der Waals surface area contributed by atoms with E-state index in [9.17, 15) is 18.0 Å². The van der Waals surface area contributed by atoms with E-state index in [4.69, 9.17) is 9.84 Å². The first-order valence-corrected chi connectivity index (χ1v) is 12.2. The van der Waals surface area contributed by atoms with Crippen LogP contribution in [-0.2, 0) is 18.2 Å². The molecule has 6 rings (SSSR count). The standard InChI is InChI=1S/C26H26F3N5O2/c1-32-25(15-10-20(27)23(29)21(28)11-15)19-12-17-3-2-4-22(24(19)31-32)34(17)26(35)16-9-18(14-30-13-16)33-5-7-36-8-6-33/h9-11,13-14,17,22H,2-8,12H2,1H3/t17-,22+/m0/s1. The summed E-state index contributed by atoms with van der Waals surface area (Å²) < 4.78 is 48.7. The van der Waals surface area contributed by atoms with Gasteiger partial charge in [-0.3, -0.25) is 14.5 Å². The van der Waals surface area contributed by atoms with Crippen molar-refractivity contribution in [1.29, 1.82) is 0 Å². The fourth-order valence-electron chi connectivity index (χ4n) is 5.89. The number of anilines is 1. The molecule has 0 N–H and O–H groups in total. The molecule has 5 heterocycles. The molecule has 3 aromatic rings. The average Bonchev–Trinajstić information content (AvgIpc) is 3.22. The van der Waals surface area contributed by atoms with Crippen LogP contribution in [0.25, 0.3) is 11.3 Å². The van der Waals surface area contributed by atoms with Gasteiger partial charge in [0, 0.05) is 43.5 Å². The number of carbonyl (C=O) groups is 1. The van der Waals surface area contributed by atoms with Crippen molar-refractivity contribution in [2.75, 3.05) is 31.2 Å². The number of hydrogen-bond donors (Lipinski definition) is 0. The maximum Gasteiger partial charge on any atom is 0.256 e. The van der Waals surface area contributed by atoms with E-state index in [1.165, 1.54) is 0 Å². The molecule has 2 aromatic heterocycles. The largest absolute Gasteiger partial charge is 0.378 e. The molecule has 10 heteroatoms. The third kappa shape index (κ3) is 3.75. The topological polar surface area (TPSA) is 63.5 Å². The summed E-state index contributed by atoms with van der Waals surface area (Å²) in [6, 6.07) is 3.58. The van der Waals surface area contributed by atoms with Crippen LogP contribution in [0.5, 0.6) is 0 Å². The second-order valence-electron chi connectivity index (χ2n) is 9.64. The molecule has 0 aliphatic carbocycles. The molecule has 1 aromatic carbocycles. The van der Waals surface area contributed by atoms with E-state index in [1.807, 2.05) is 11.0 Å². The molecular weight excluding hydrogens is 471 g/mol. The number of morpholine rings is 1.